The molecule has 8 heteroatoms. The van der Waals surface area contributed by atoms with Crippen LogP contribution < -0.4 is 21.3 Å². The highest BCUT2D eigenvalue weighted by Gasteiger charge is 2.22. The van der Waals surface area contributed by atoms with Crippen LogP contribution in [0.5, 0.6) is 0 Å². The topological polar surface area (TPSA) is 120 Å². The minimum absolute atomic E-state index is 0.00880. The van der Waals surface area contributed by atoms with Crippen molar-refractivity contribution in [1.29, 1.82) is 5.26 Å². The molecule has 1 saturated heterocycles. The van der Waals surface area contributed by atoms with Crippen LogP contribution in [0.4, 0.5) is 23.1 Å². The number of nitriles is 1. The number of nitrogens with one attached hydrogen (secondary N) is 2. The Morgan fingerprint density at radius 2 is 2.17 bits per heavy atom. The second-order valence-electron chi connectivity index (χ2n) is 7.71. The zero-order chi connectivity index (χ0) is 21.5. The summed E-state index contributed by atoms with van der Waals surface area (Å²) in [4.78, 5) is 23.1. The summed E-state index contributed by atoms with van der Waals surface area (Å²) in [6.45, 7) is 5.31. The predicted octanol–water partition coefficient (Wildman–Crippen LogP) is 3.12. The molecular weight excluding hydrogens is 378 g/mol. The van der Waals surface area contributed by atoms with Gasteiger partial charge in [-0.1, -0.05) is 13.3 Å². The summed E-state index contributed by atoms with van der Waals surface area (Å²) in [6.07, 6.45) is 4.94. The highest BCUT2D eigenvalue weighted by atomic mass is 16.1. The molecule has 1 aliphatic heterocycles. The molecule has 8 nitrogen and oxygen atoms in total. The van der Waals surface area contributed by atoms with Gasteiger partial charge in [0.05, 0.1) is 11.6 Å². The van der Waals surface area contributed by atoms with E-state index >= 15 is 0 Å². The number of piperidine rings is 1. The molecule has 0 aliphatic carbocycles. The number of amides is 1. The zero-order valence-corrected chi connectivity index (χ0v) is 17.6. The van der Waals surface area contributed by atoms with Gasteiger partial charge in [-0.2, -0.15) is 10.2 Å². The Kier molecular flexibility index (Phi) is 7.07. The number of rotatable bonds is 7. The SMILES string of the molecule is CCCCc1cc(N2CCCC(NC(C)=O)C2)nc(Nc2cc(N)cc(C#N)c2)n1. The number of nitrogen functional groups attached to an aromatic ring is 1. The van der Waals surface area contributed by atoms with E-state index in [1.807, 2.05) is 6.07 Å². The number of aromatic nitrogens is 2. The molecule has 2 aromatic rings. The lowest BCUT2D eigenvalue weighted by Crippen LogP contribution is -2.47. The fourth-order valence-electron chi connectivity index (χ4n) is 3.69. The fraction of sp³-hybridized carbons (Fsp3) is 0.455. The van der Waals surface area contributed by atoms with Crippen LogP contribution in [0.25, 0.3) is 0 Å². The maximum atomic E-state index is 11.5. The number of carbonyl (C=O) groups excluding carboxylic acids is 1. The second-order valence-corrected chi connectivity index (χ2v) is 7.71. The molecule has 0 saturated carbocycles. The van der Waals surface area contributed by atoms with Crippen LogP contribution in [-0.2, 0) is 11.2 Å². The normalized spacial score (nSPS) is 16.0. The molecule has 30 heavy (non-hydrogen) atoms. The highest BCUT2D eigenvalue weighted by Crippen LogP contribution is 2.24. The highest BCUT2D eigenvalue weighted by molar-refractivity contribution is 5.73. The molecule has 1 aromatic heterocycles. The smallest absolute Gasteiger partial charge is 0.229 e. The van der Waals surface area contributed by atoms with Crippen molar-refractivity contribution in [3.05, 3.63) is 35.5 Å². The van der Waals surface area contributed by atoms with Crippen molar-refractivity contribution in [2.24, 2.45) is 0 Å². The van der Waals surface area contributed by atoms with Crippen molar-refractivity contribution in [2.45, 2.75) is 52.0 Å². The third-order valence-electron chi connectivity index (χ3n) is 5.05. The Hall–Kier alpha value is -3.34. The van der Waals surface area contributed by atoms with Gasteiger partial charge in [0.25, 0.3) is 0 Å². The van der Waals surface area contributed by atoms with E-state index in [0.29, 0.717) is 22.9 Å². The third-order valence-corrected chi connectivity index (χ3v) is 5.05. The lowest BCUT2D eigenvalue weighted by atomic mass is 10.1. The summed E-state index contributed by atoms with van der Waals surface area (Å²) in [5.74, 6) is 1.32. The van der Waals surface area contributed by atoms with Gasteiger partial charge in [-0.25, -0.2) is 4.98 Å². The standard InChI is InChI=1S/C22H29N7O/c1-3-4-6-18-12-21(29-8-5-7-19(14-29)25-15(2)30)28-22(26-18)27-20-10-16(13-23)9-17(24)11-20/h9-12,19H,3-8,14,24H2,1-2H3,(H,25,30)(H,26,27,28). The van der Waals surface area contributed by atoms with Crippen molar-refractivity contribution in [3.63, 3.8) is 0 Å². The lowest BCUT2D eigenvalue weighted by molar-refractivity contribution is -0.119. The number of anilines is 4. The van der Waals surface area contributed by atoms with E-state index < -0.39 is 0 Å². The van der Waals surface area contributed by atoms with E-state index in [0.717, 1.165) is 56.7 Å². The number of unbranched alkanes of at least 4 members (excludes halogenated alkanes) is 1. The van der Waals surface area contributed by atoms with E-state index in [1.165, 1.54) is 0 Å². The Balaban J connectivity index is 1.87. The molecule has 0 spiro atoms. The number of hydrogen-bond acceptors (Lipinski definition) is 7. The van der Waals surface area contributed by atoms with Crippen LogP contribution in [0, 0.1) is 11.3 Å². The molecule has 2 heterocycles. The largest absolute Gasteiger partial charge is 0.399 e. The van der Waals surface area contributed by atoms with Crippen molar-refractivity contribution in [2.75, 3.05) is 29.0 Å². The van der Waals surface area contributed by atoms with Crippen LogP contribution in [0.1, 0.15) is 50.8 Å². The van der Waals surface area contributed by atoms with Crippen LogP contribution in [0.15, 0.2) is 24.3 Å². The molecule has 1 fully saturated rings. The van der Waals surface area contributed by atoms with Gasteiger partial charge in [0.1, 0.15) is 5.82 Å². The van der Waals surface area contributed by atoms with E-state index in [9.17, 15) is 10.1 Å². The molecule has 0 bridgehead atoms. The summed E-state index contributed by atoms with van der Waals surface area (Å²) >= 11 is 0. The number of benzene rings is 1. The first-order valence-electron chi connectivity index (χ1n) is 10.4. The van der Waals surface area contributed by atoms with Gasteiger partial charge in [0, 0.05) is 49.2 Å². The first-order valence-corrected chi connectivity index (χ1v) is 10.4. The first-order chi connectivity index (χ1) is 14.5. The maximum Gasteiger partial charge on any atom is 0.229 e. The van der Waals surface area contributed by atoms with Gasteiger partial charge < -0.3 is 21.3 Å². The predicted molar refractivity (Wildman–Crippen MR) is 119 cm³/mol. The van der Waals surface area contributed by atoms with Crippen LogP contribution in [0.2, 0.25) is 0 Å². The molecular formula is C22H29N7O. The quantitative estimate of drug-likeness (QED) is 0.603. The molecule has 1 atom stereocenters. The zero-order valence-electron chi connectivity index (χ0n) is 17.6. The van der Waals surface area contributed by atoms with Crippen molar-refractivity contribution in [1.82, 2.24) is 15.3 Å². The van der Waals surface area contributed by atoms with Gasteiger partial charge in [-0.15, -0.1) is 0 Å². The van der Waals surface area contributed by atoms with Gasteiger partial charge in [0.15, 0.2) is 0 Å². The molecule has 3 rings (SSSR count). The van der Waals surface area contributed by atoms with E-state index in [2.05, 4.69) is 33.5 Å². The number of nitrogens with zero attached hydrogens (tertiary/aromatic N) is 4. The number of hydrogen-bond donors (Lipinski definition) is 3. The Bertz CT molecular complexity index is 938. The van der Waals surface area contributed by atoms with Gasteiger partial charge in [0.2, 0.25) is 11.9 Å². The lowest BCUT2D eigenvalue weighted by Gasteiger charge is -2.34. The maximum absolute atomic E-state index is 11.5. The summed E-state index contributed by atoms with van der Waals surface area (Å²) in [6, 6.07) is 9.39. The summed E-state index contributed by atoms with van der Waals surface area (Å²) < 4.78 is 0. The molecule has 1 aromatic carbocycles. The van der Waals surface area contributed by atoms with Crippen LogP contribution in [0.3, 0.4) is 0 Å². The number of nitrogens with two attached hydrogens (primary N) is 1. The molecule has 0 radical (unpaired) electrons. The van der Waals surface area contributed by atoms with Crippen molar-refractivity contribution >= 4 is 29.0 Å². The minimum atomic E-state index is -0.00880. The van der Waals surface area contributed by atoms with E-state index in [1.54, 1.807) is 25.1 Å². The average molecular weight is 408 g/mol. The Labute approximate surface area is 177 Å². The molecule has 1 unspecified atom stereocenters. The van der Waals surface area contributed by atoms with Crippen LogP contribution in [-0.4, -0.2) is 35.0 Å². The Morgan fingerprint density at radius 1 is 1.33 bits per heavy atom. The minimum Gasteiger partial charge on any atom is -0.399 e. The molecule has 4 N–H and O–H groups in total. The summed E-state index contributed by atoms with van der Waals surface area (Å²) in [7, 11) is 0. The first kappa shape index (κ1) is 21.4. The third kappa shape index (κ3) is 5.83. The Morgan fingerprint density at radius 3 is 2.90 bits per heavy atom. The number of carbonyl (C=O) groups is 1. The molecule has 158 valence electrons. The average Bonchev–Trinajstić information content (AvgIpc) is 2.71. The van der Waals surface area contributed by atoms with Gasteiger partial charge in [-0.05, 0) is 43.9 Å². The summed E-state index contributed by atoms with van der Waals surface area (Å²) in [5, 5.41) is 15.4. The van der Waals surface area contributed by atoms with Crippen molar-refractivity contribution < 1.29 is 4.79 Å². The fourth-order valence-corrected chi connectivity index (χ4v) is 3.69. The second kappa shape index (κ2) is 9.92. The van der Waals surface area contributed by atoms with E-state index in [-0.39, 0.29) is 11.9 Å². The molecule has 1 amide bonds. The van der Waals surface area contributed by atoms with Crippen molar-refractivity contribution in [3.8, 4) is 6.07 Å². The van der Waals surface area contributed by atoms with Crippen LogP contribution >= 0.6 is 0 Å². The number of aryl methyl sites for hydroxylation is 1. The van der Waals surface area contributed by atoms with Gasteiger partial charge in [-0.3, -0.25) is 4.79 Å². The molecule has 1 aliphatic rings. The van der Waals surface area contributed by atoms with E-state index in [4.69, 9.17) is 10.7 Å². The summed E-state index contributed by atoms with van der Waals surface area (Å²) in [5.41, 5.74) is 8.55. The van der Waals surface area contributed by atoms with Gasteiger partial charge >= 0.3 is 0 Å². The monoisotopic (exact) mass is 407 g/mol.